The van der Waals surface area contributed by atoms with Crippen LogP contribution in [-0.4, -0.2) is 33.5 Å². The summed E-state index contributed by atoms with van der Waals surface area (Å²) in [5.41, 5.74) is 0.598. The van der Waals surface area contributed by atoms with Crippen LogP contribution in [0.3, 0.4) is 0 Å². The number of rotatable bonds is 6. The second-order valence-electron chi connectivity index (χ2n) is 6.31. The predicted octanol–water partition coefficient (Wildman–Crippen LogP) is 1.26. The summed E-state index contributed by atoms with van der Waals surface area (Å²) in [7, 11) is 3.12. The van der Waals surface area contributed by atoms with Crippen LogP contribution in [0.4, 0.5) is 0 Å². The highest BCUT2D eigenvalue weighted by Crippen LogP contribution is 2.20. The van der Waals surface area contributed by atoms with E-state index in [1.54, 1.807) is 55.6 Å². The normalized spacial score (nSPS) is 11.0. The molecule has 4 aromatic rings. The van der Waals surface area contributed by atoms with Crippen LogP contribution in [0.25, 0.3) is 16.6 Å². The van der Waals surface area contributed by atoms with Gasteiger partial charge in [0.05, 0.1) is 29.0 Å². The largest absolute Gasteiger partial charge is 0.539 e. The van der Waals surface area contributed by atoms with Gasteiger partial charge in [0.15, 0.2) is 11.1 Å². The lowest BCUT2D eigenvalue weighted by Crippen LogP contribution is -2.39. The molecule has 4 rings (SSSR count). The van der Waals surface area contributed by atoms with Crippen LogP contribution in [0.5, 0.6) is 11.7 Å². The van der Waals surface area contributed by atoms with Crippen molar-refractivity contribution in [3.05, 3.63) is 64.6 Å². The number of hydrogen-bond donors (Lipinski definition) is 0. The van der Waals surface area contributed by atoms with E-state index in [0.717, 1.165) is 16.4 Å². The number of fused-ring (bicyclic) bond motifs is 1. The minimum atomic E-state index is -0.836. The second kappa shape index (κ2) is 7.99. The van der Waals surface area contributed by atoms with Gasteiger partial charge in [-0.1, -0.05) is 23.9 Å². The van der Waals surface area contributed by atoms with Crippen molar-refractivity contribution in [2.24, 2.45) is 7.05 Å². The Morgan fingerprint density at radius 3 is 2.70 bits per heavy atom. The van der Waals surface area contributed by atoms with Crippen molar-refractivity contribution >= 4 is 28.4 Å². The fourth-order valence-corrected chi connectivity index (χ4v) is 3.74. The third kappa shape index (κ3) is 3.52. The standard InChI is InChI=1S/C20H16N4O5S/c1-23-18(26)14-5-3-4-6-15(14)21-20(23)30-11-16(25)17-19(27)29-22-24(17)12-7-9-13(28-2)10-8-12/h3-10H,11H2,1-2H3. The maximum atomic E-state index is 12.8. The fraction of sp³-hybridized carbons (Fsp3) is 0.150. The molecule has 0 aliphatic rings. The molecule has 0 atom stereocenters. The SMILES string of the molecule is COc1ccc(-[n+]2noc([O-])c2C(=O)CSc2nc3ccccc3c(=O)n2C)cc1. The highest BCUT2D eigenvalue weighted by Gasteiger charge is 2.28. The molecule has 2 aromatic heterocycles. The number of ketones is 1. The molecule has 0 spiro atoms. The number of Topliss-reactive ketones (excluding diaryl/α,β-unsaturated/α-hetero) is 1. The number of methoxy groups -OCH3 is 1. The zero-order valence-corrected chi connectivity index (χ0v) is 16.9. The van der Waals surface area contributed by atoms with Gasteiger partial charge in [-0.05, 0) is 28.9 Å². The van der Waals surface area contributed by atoms with E-state index >= 15 is 0 Å². The summed E-state index contributed by atoms with van der Waals surface area (Å²) in [5, 5.41) is 16.6. The second-order valence-corrected chi connectivity index (χ2v) is 7.25. The van der Waals surface area contributed by atoms with Crippen LogP contribution in [0.15, 0.2) is 63.0 Å². The first-order valence-electron chi connectivity index (χ1n) is 8.85. The average molecular weight is 424 g/mol. The van der Waals surface area contributed by atoms with Gasteiger partial charge in [-0.2, -0.15) is 0 Å². The van der Waals surface area contributed by atoms with Crippen LogP contribution in [-0.2, 0) is 7.05 Å². The Morgan fingerprint density at radius 2 is 1.97 bits per heavy atom. The number of carbonyl (C=O) groups is 1. The van der Waals surface area contributed by atoms with Crippen molar-refractivity contribution < 1.29 is 23.8 Å². The topological polar surface area (TPSA) is 114 Å². The lowest BCUT2D eigenvalue weighted by Gasteiger charge is -2.07. The summed E-state index contributed by atoms with van der Waals surface area (Å²) in [6, 6.07) is 13.6. The molecule has 0 bridgehead atoms. The number of benzene rings is 2. The number of thioether (sulfide) groups is 1. The molecule has 0 N–H and O–H groups in total. The molecule has 30 heavy (non-hydrogen) atoms. The molecule has 0 fully saturated rings. The zero-order chi connectivity index (χ0) is 21.3. The van der Waals surface area contributed by atoms with Crippen molar-refractivity contribution in [2.75, 3.05) is 12.9 Å². The van der Waals surface area contributed by atoms with E-state index in [-0.39, 0.29) is 17.0 Å². The maximum absolute atomic E-state index is 12.8. The smallest absolute Gasteiger partial charge is 0.307 e. The van der Waals surface area contributed by atoms with Crippen LogP contribution >= 0.6 is 11.8 Å². The highest BCUT2D eigenvalue weighted by molar-refractivity contribution is 7.99. The molecular formula is C20H16N4O5S. The van der Waals surface area contributed by atoms with E-state index in [2.05, 4.69) is 10.3 Å². The zero-order valence-electron chi connectivity index (χ0n) is 16.1. The minimum Gasteiger partial charge on any atom is -0.539 e. The number of nitrogens with zero attached hydrogens (tertiary/aromatic N) is 4. The summed E-state index contributed by atoms with van der Waals surface area (Å²) in [4.78, 5) is 29.7. The Bertz CT molecular complexity index is 1300. The van der Waals surface area contributed by atoms with Crippen molar-refractivity contribution in [3.8, 4) is 17.4 Å². The summed E-state index contributed by atoms with van der Waals surface area (Å²) >= 11 is 1.06. The molecule has 152 valence electrons. The molecule has 9 nitrogen and oxygen atoms in total. The molecule has 0 radical (unpaired) electrons. The van der Waals surface area contributed by atoms with Gasteiger partial charge in [0.25, 0.3) is 5.56 Å². The summed E-state index contributed by atoms with van der Waals surface area (Å²) in [6.07, 6.45) is 0. The van der Waals surface area contributed by atoms with E-state index in [9.17, 15) is 14.7 Å². The third-order valence-electron chi connectivity index (χ3n) is 4.47. The molecule has 0 aliphatic carbocycles. The van der Waals surface area contributed by atoms with Crippen LogP contribution in [0.2, 0.25) is 0 Å². The molecule has 2 aromatic carbocycles. The van der Waals surface area contributed by atoms with Crippen molar-refractivity contribution in [3.63, 3.8) is 0 Å². The van der Waals surface area contributed by atoms with Gasteiger partial charge < -0.3 is 14.4 Å². The van der Waals surface area contributed by atoms with Gasteiger partial charge in [-0.3, -0.25) is 14.2 Å². The van der Waals surface area contributed by atoms with Crippen molar-refractivity contribution in [1.82, 2.24) is 14.8 Å². The Morgan fingerprint density at radius 1 is 1.23 bits per heavy atom. The molecule has 2 heterocycles. The first-order chi connectivity index (χ1) is 14.5. The van der Waals surface area contributed by atoms with Crippen LogP contribution in [0.1, 0.15) is 10.5 Å². The van der Waals surface area contributed by atoms with Crippen molar-refractivity contribution in [2.45, 2.75) is 5.16 Å². The monoisotopic (exact) mass is 424 g/mol. The Balaban J connectivity index is 1.61. The van der Waals surface area contributed by atoms with Crippen molar-refractivity contribution in [1.29, 1.82) is 0 Å². The van der Waals surface area contributed by atoms with E-state index in [1.807, 2.05) is 0 Å². The molecule has 0 saturated carbocycles. The average Bonchev–Trinajstić information content (AvgIpc) is 3.16. The number of ether oxygens (including phenoxy) is 1. The molecule has 0 unspecified atom stereocenters. The fourth-order valence-electron chi connectivity index (χ4n) is 2.91. The number of para-hydroxylation sites is 1. The van der Waals surface area contributed by atoms with Gasteiger partial charge in [-0.15, -0.1) is 0 Å². The Labute approximate surface area is 174 Å². The van der Waals surface area contributed by atoms with Gasteiger partial charge in [0, 0.05) is 19.2 Å². The molecule has 10 heteroatoms. The maximum Gasteiger partial charge on any atom is 0.307 e. The lowest BCUT2D eigenvalue weighted by molar-refractivity contribution is -0.672. The predicted molar refractivity (Wildman–Crippen MR) is 106 cm³/mol. The van der Waals surface area contributed by atoms with E-state index in [0.29, 0.717) is 27.5 Å². The first kappa shape index (κ1) is 19.6. The Hall–Kier alpha value is -3.66. The molecule has 0 aliphatic heterocycles. The lowest BCUT2D eigenvalue weighted by atomic mass is 10.2. The first-order valence-corrected chi connectivity index (χ1v) is 9.83. The summed E-state index contributed by atoms with van der Waals surface area (Å²) < 4.78 is 12.3. The van der Waals surface area contributed by atoms with E-state index in [1.165, 1.54) is 11.7 Å². The number of hydrogen-bond acceptors (Lipinski definition) is 8. The van der Waals surface area contributed by atoms with Gasteiger partial charge >= 0.3 is 5.69 Å². The van der Waals surface area contributed by atoms with Gasteiger partial charge in [0.1, 0.15) is 5.75 Å². The Kier molecular flexibility index (Phi) is 5.23. The molecule has 0 saturated heterocycles. The quantitative estimate of drug-likeness (QED) is 0.197. The summed E-state index contributed by atoms with van der Waals surface area (Å²) in [6.45, 7) is 0. The van der Waals surface area contributed by atoms with Gasteiger partial charge in [-0.25, -0.2) is 4.98 Å². The van der Waals surface area contributed by atoms with E-state index < -0.39 is 11.7 Å². The number of aromatic nitrogens is 4. The minimum absolute atomic E-state index is 0.120. The van der Waals surface area contributed by atoms with Crippen LogP contribution in [0, 0.1) is 0 Å². The third-order valence-corrected chi connectivity index (χ3v) is 5.50. The summed E-state index contributed by atoms with van der Waals surface area (Å²) in [5.74, 6) is -0.830. The molecular weight excluding hydrogens is 408 g/mol. The molecule has 0 amide bonds. The van der Waals surface area contributed by atoms with Crippen LogP contribution < -0.4 is 20.1 Å². The number of carbonyl (C=O) groups excluding carboxylic acids is 1. The highest BCUT2D eigenvalue weighted by atomic mass is 32.2. The van der Waals surface area contributed by atoms with Gasteiger partial charge in [0.2, 0.25) is 11.5 Å². The van der Waals surface area contributed by atoms with E-state index in [4.69, 9.17) is 9.26 Å².